The van der Waals surface area contributed by atoms with Crippen LogP contribution < -0.4 is 43.9 Å². The van der Waals surface area contributed by atoms with Gasteiger partial charge in [0.25, 0.3) is 0 Å². The summed E-state index contributed by atoms with van der Waals surface area (Å²) in [5.41, 5.74) is 0. The zero-order valence-electron chi connectivity index (χ0n) is 10.7. The monoisotopic (exact) mass is 346 g/mol. The summed E-state index contributed by atoms with van der Waals surface area (Å²) in [4.78, 5) is 20.5. The molecular weight excluding hydrogens is 335 g/mol. The molecule has 0 radical (unpaired) electrons. The number of rotatable bonds is 6. The van der Waals surface area contributed by atoms with Crippen LogP contribution in [0.25, 0.3) is 0 Å². The van der Waals surface area contributed by atoms with Gasteiger partial charge in [-0.2, -0.15) is 0 Å². The van der Waals surface area contributed by atoms with Gasteiger partial charge in [-0.25, -0.2) is 0 Å². The van der Waals surface area contributed by atoms with Crippen LogP contribution in [0.4, 0.5) is 0 Å². The first-order valence-electron chi connectivity index (χ1n) is 4.77. The second-order valence-electron chi connectivity index (χ2n) is 2.99. The molecule has 4 nitrogen and oxygen atoms in total. The van der Waals surface area contributed by atoms with Gasteiger partial charge in [0.1, 0.15) is 11.5 Å². The van der Waals surface area contributed by atoms with E-state index in [1.165, 1.54) is 0 Å². The second-order valence-corrected chi connectivity index (χ2v) is 3.62. The van der Waals surface area contributed by atoms with Gasteiger partial charge in [0.2, 0.25) is 0 Å². The number of ether oxygens (including phenoxy) is 1. The Kier molecular flexibility index (Phi) is 26.0. The molecule has 0 aromatic heterocycles. The fraction of sp³-hybridized carbons (Fsp3) is 0.400. The zero-order valence-corrected chi connectivity index (χ0v) is 15.9. The van der Waals surface area contributed by atoms with E-state index in [0.717, 1.165) is 18.6 Å². The summed E-state index contributed by atoms with van der Waals surface area (Å²) in [5.74, 6) is 1.02. The Morgan fingerprint density at radius 1 is 1.00 bits per heavy atom. The summed E-state index contributed by atoms with van der Waals surface area (Å²) < 4.78 is 9.89. The molecule has 0 N–H and O–H groups in total. The molecular formula is C10H13Cl2Mg2O4P. The summed E-state index contributed by atoms with van der Waals surface area (Å²) in [6.45, 7) is 2.76. The quantitative estimate of drug-likeness (QED) is 0.292. The molecule has 1 rings (SSSR count). The van der Waals surface area contributed by atoms with E-state index in [0.29, 0.717) is 12.4 Å². The van der Waals surface area contributed by atoms with Crippen LogP contribution in [-0.2, 0) is 0 Å². The van der Waals surface area contributed by atoms with E-state index >= 15 is 0 Å². The summed E-state index contributed by atoms with van der Waals surface area (Å²) >= 11 is 0. The predicted molar refractivity (Wildman–Crippen MR) is 65.9 cm³/mol. The topological polar surface area (TPSA) is 64.6 Å². The molecule has 0 heterocycles. The van der Waals surface area contributed by atoms with Crippen molar-refractivity contribution < 1.29 is 43.9 Å². The van der Waals surface area contributed by atoms with Crippen molar-refractivity contribution in [2.75, 3.05) is 6.61 Å². The number of hydrogen-bond acceptors (Lipinski definition) is 4. The van der Waals surface area contributed by atoms with Crippen LogP contribution in [-0.4, -0.2) is 52.7 Å². The predicted octanol–water partition coefficient (Wildman–Crippen LogP) is -5.56. The van der Waals surface area contributed by atoms with Crippen LogP contribution >= 0.6 is 8.60 Å². The maximum absolute atomic E-state index is 10.2. The van der Waals surface area contributed by atoms with Gasteiger partial charge in [-0.05, 0) is 30.7 Å². The number of hydrogen-bond donors (Lipinski definition) is 0. The van der Waals surface area contributed by atoms with Crippen molar-refractivity contribution in [3.05, 3.63) is 24.3 Å². The number of unbranched alkanes of at least 4 members (excludes halogenated alkanes) is 1. The summed E-state index contributed by atoms with van der Waals surface area (Å²) in [5, 5.41) is 0. The zero-order chi connectivity index (χ0) is 11.1. The van der Waals surface area contributed by atoms with E-state index < -0.39 is 8.60 Å². The van der Waals surface area contributed by atoms with E-state index in [9.17, 15) is 9.79 Å². The molecule has 0 aliphatic rings. The third-order valence-electron chi connectivity index (χ3n) is 1.77. The van der Waals surface area contributed by atoms with Gasteiger partial charge >= 0.3 is 46.1 Å². The Hall–Kier alpha value is 1.28. The maximum atomic E-state index is 10.2. The van der Waals surface area contributed by atoms with Crippen LogP contribution in [0.1, 0.15) is 19.8 Å². The van der Waals surface area contributed by atoms with Gasteiger partial charge in [0.05, 0.1) is 6.61 Å². The van der Waals surface area contributed by atoms with E-state index in [2.05, 4.69) is 11.4 Å². The molecule has 0 fully saturated rings. The van der Waals surface area contributed by atoms with Gasteiger partial charge in [-0.15, -0.1) is 0 Å². The van der Waals surface area contributed by atoms with Crippen molar-refractivity contribution in [3.8, 4) is 11.5 Å². The van der Waals surface area contributed by atoms with E-state index in [-0.39, 0.29) is 70.9 Å². The Bertz CT molecular complexity index is 291. The molecule has 9 heteroatoms. The molecule has 19 heavy (non-hydrogen) atoms. The molecule has 0 unspecified atom stereocenters. The van der Waals surface area contributed by atoms with Gasteiger partial charge in [-0.3, -0.25) is 0 Å². The Morgan fingerprint density at radius 3 is 1.89 bits per heavy atom. The smallest absolute Gasteiger partial charge is 1.00 e. The first-order valence-corrected chi connectivity index (χ1v) is 5.87. The van der Waals surface area contributed by atoms with E-state index in [1.54, 1.807) is 24.3 Å². The fourth-order valence-corrected chi connectivity index (χ4v) is 1.31. The minimum absolute atomic E-state index is 0. The molecule has 1 aromatic rings. The Balaban J connectivity index is -0.000000281. The van der Waals surface area contributed by atoms with E-state index in [4.69, 9.17) is 4.74 Å². The molecule has 100 valence electrons. The first-order chi connectivity index (χ1) is 7.22. The summed E-state index contributed by atoms with van der Waals surface area (Å²) in [7, 11) is -2.84. The normalized spacial score (nSPS) is 8.21. The molecule has 0 saturated heterocycles. The van der Waals surface area contributed by atoms with Crippen molar-refractivity contribution >= 4 is 54.7 Å². The van der Waals surface area contributed by atoms with Crippen molar-refractivity contribution in [1.29, 1.82) is 0 Å². The van der Waals surface area contributed by atoms with Crippen molar-refractivity contribution in [1.82, 2.24) is 0 Å². The fourth-order valence-electron chi connectivity index (χ4n) is 1.02. The van der Waals surface area contributed by atoms with Crippen LogP contribution in [0.2, 0.25) is 0 Å². The van der Waals surface area contributed by atoms with Gasteiger partial charge in [0, 0.05) is 0 Å². The summed E-state index contributed by atoms with van der Waals surface area (Å²) in [6.07, 6.45) is 2.09. The minimum atomic E-state index is -2.84. The number of halogens is 2. The Labute approximate surface area is 159 Å². The van der Waals surface area contributed by atoms with Gasteiger partial charge in [0.15, 0.2) is 0 Å². The van der Waals surface area contributed by atoms with Crippen LogP contribution in [0, 0.1) is 0 Å². The van der Waals surface area contributed by atoms with E-state index in [1.807, 2.05) is 0 Å². The average Bonchev–Trinajstić information content (AvgIpc) is 2.20. The molecule has 0 atom stereocenters. The molecule has 0 aliphatic heterocycles. The molecule has 0 spiro atoms. The molecule has 0 saturated carbocycles. The van der Waals surface area contributed by atoms with Crippen LogP contribution in [0.5, 0.6) is 11.5 Å². The Morgan fingerprint density at radius 2 is 1.47 bits per heavy atom. The average molecular weight is 348 g/mol. The molecule has 0 aliphatic carbocycles. The largest absolute Gasteiger partial charge is 2.00 e. The number of benzene rings is 1. The summed E-state index contributed by atoms with van der Waals surface area (Å²) in [6, 6.07) is 6.49. The van der Waals surface area contributed by atoms with Crippen molar-refractivity contribution in [2.45, 2.75) is 19.8 Å². The molecule has 0 amide bonds. The van der Waals surface area contributed by atoms with Crippen LogP contribution in [0.15, 0.2) is 24.3 Å². The molecule has 0 bridgehead atoms. The molecule has 1 aromatic carbocycles. The van der Waals surface area contributed by atoms with Gasteiger partial charge < -0.3 is 43.9 Å². The first kappa shape index (κ1) is 28.4. The standard InChI is InChI=1S/C10H13O4P.2ClH.2Mg/c1-2-3-8-13-9-4-6-10(7-5-9)14-15(11)12;;;;/h4-7H,2-3,8H2,1H3;2*1H;;/q-2;;;2*+2/p-2. The van der Waals surface area contributed by atoms with Crippen LogP contribution in [0.3, 0.4) is 0 Å². The van der Waals surface area contributed by atoms with Crippen molar-refractivity contribution in [2.24, 2.45) is 0 Å². The third-order valence-corrected chi connectivity index (χ3v) is 2.13. The minimum Gasteiger partial charge on any atom is -1.00 e. The van der Waals surface area contributed by atoms with Gasteiger partial charge in [-0.1, -0.05) is 21.9 Å². The second kappa shape index (κ2) is 17.3. The third kappa shape index (κ3) is 14.0. The van der Waals surface area contributed by atoms with Crippen molar-refractivity contribution in [3.63, 3.8) is 0 Å². The SMILES string of the molecule is CCCCOc1ccc(OP([O-])[O-])cc1.[Cl-].[Cl-].[Mg+2].[Mg+2]. The maximum Gasteiger partial charge on any atom is 2.00 e.